The summed E-state index contributed by atoms with van der Waals surface area (Å²) in [5.41, 5.74) is 0.937. The normalized spacial score (nSPS) is 12.6. The molecule has 0 saturated heterocycles. The number of para-hydroxylation sites is 1. The van der Waals surface area contributed by atoms with Gasteiger partial charge in [0.25, 0.3) is 0 Å². The fraction of sp³-hybridized carbons (Fsp3) is 0.385. The summed E-state index contributed by atoms with van der Waals surface area (Å²) in [4.78, 5) is 10.6. The Balaban J connectivity index is 2.24. The van der Waals surface area contributed by atoms with Crippen molar-refractivity contribution in [2.75, 3.05) is 32.2 Å². The van der Waals surface area contributed by atoms with Crippen molar-refractivity contribution in [2.45, 2.75) is 5.38 Å². The average molecular weight is 266 g/mol. The van der Waals surface area contributed by atoms with E-state index in [4.69, 9.17) is 16.3 Å². The molecule has 0 amide bonds. The Morgan fingerprint density at radius 1 is 1.33 bits per heavy atom. The zero-order valence-corrected chi connectivity index (χ0v) is 11.3. The van der Waals surface area contributed by atoms with E-state index < -0.39 is 0 Å². The first kappa shape index (κ1) is 13.1. The summed E-state index contributed by atoms with van der Waals surface area (Å²) >= 11 is 6.17. The van der Waals surface area contributed by atoms with Gasteiger partial charge in [-0.3, -0.25) is 0 Å². The van der Waals surface area contributed by atoms with E-state index in [-0.39, 0.29) is 5.38 Å². The van der Waals surface area contributed by atoms with E-state index in [0.29, 0.717) is 13.2 Å². The lowest BCUT2D eigenvalue weighted by Gasteiger charge is -2.22. The van der Waals surface area contributed by atoms with E-state index in [2.05, 4.69) is 9.97 Å². The predicted octanol–water partition coefficient (Wildman–Crippen LogP) is 2.32. The Bertz CT molecular complexity index is 515. The van der Waals surface area contributed by atoms with E-state index in [1.807, 2.05) is 36.2 Å². The van der Waals surface area contributed by atoms with Crippen molar-refractivity contribution in [1.29, 1.82) is 0 Å². The first-order chi connectivity index (χ1) is 8.72. The van der Waals surface area contributed by atoms with Gasteiger partial charge in [-0.25, -0.2) is 9.97 Å². The van der Waals surface area contributed by atoms with E-state index in [1.54, 1.807) is 13.4 Å². The van der Waals surface area contributed by atoms with Crippen molar-refractivity contribution in [3.63, 3.8) is 0 Å². The number of hydrogen-bond acceptors (Lipinski definition) is 4. The van der Waals surface area contributed by atoms with Crippen molar-refractivity contribution >= 4 is 28.3 Å². The molecule has 0 bridgehead atoms. The smallest absolute Gasteiger partial charge is 0.139 e. The SMILES string of the molecule is COCC(Cl)CN(C)c1ncnc2ccccc12. The highest BCUT2D eigenvalue weighted by Gasteiger charge is 2.12. The molecule has 5 heteroatoms. The molecule has 1 aromatic heterocycles. The van der Waals surface area contributed by atoms with Gasteiger partial charge in [0.2, 0.25) is 0 Å². The Hall–Kier alpha value is -1.39. The number of aromatic nitrogens is 2. The van der Waals surface area contributed by atoms with Crippen molar-refractivity contribution < 1.29 is 4.74 Å². The lowest BCUT2D eigenvalue weighted by molar-refractivity contribution is 0.199. The average Bonchev–Trinajstić information content (AvgIpc) is 2.38. The molecule has 0 fully saturated rings. The van der Waals surface area contributed by atoms with Gasteiger partial charge >= 0.3 is 0 Å². The maximum Gasteiger partial charge on any atom is 0.139 e. The number of hydrogen-bond donors (Lipinski definition) is 0. The molecule has 0 radical (unpaired) electrons. The number of rotatable bonds is 5. The summed E-state index contributed by atoms with van der Waals surface area (Å²) in [6.07, 6.45) is 1.58. The van der Waals surface area contributed by atoms with Gasteiger partial charge in [0, 0.05) is 26.1 Å². The Labute approximate surface area is 112 Å². The highest BCUT2D eigenvalue weighted by Crippen LogP contribution is 2.21. The number of halogens is 1. The van der Waals surface area contributed by atoms with E-state index >= 15 is 0 Å². The molecule has 18 heavy (non-hydrogen) atoms. The highest BCUT2D eigenvalue weighted by molar-refractivity contribution is 6.21. The quantitative estimate of drug-likeness (QED) is 0.778. The molecular formula is C13H16ClN3O. The number of methoxy groups -OCH3 is 1. The van der Waals surface area contributed by atoms with Gasteiger partial charge < -0.3 is 9.64 Å². The van der Waals surface area contributed by atoms with Crippen LogP contribution in [0.15, 0.2) is 30.6 Å². The van der Waals surface area contributed by atoms with Gasteiger partial charge in [-0.05, 0) is 12.1 Å². The Morgan fingerprint density at radius 2 is 2.11 bits per heavy atom. The van der Waals surface area contributed by atoms with Gasteiger partial charge in [-0.1, -0.05) is 12.1 Å². The molecule has 0 aliphatic carbocycles. The van der Waals surface area contributed by atoms with Gasteiger partial charge in [0.15, 0.2) is 0 Å². The molecular weight excluding hydrogens is 250 g/mol. The second kappa shape index (κ2) is 5.98. The molecule has 0 saturated carbocycles. The fourth-order valence-electron chi connectivity index (χ4n) is 1.91. The van der Waals surface area contributed by atoms with Crippen LogP contribution in [0.3, 0.4) is 0 Å². The van der Waals surface area contributed by atoms with E-state index in [9.17, 15) is 0 Å². The molecule has 1 atom stereocenters. The molecule has 0 aliphatic rings. The number of ether oxygens (including phenoxy) is 1. The topological polar surface area (TPSA) is 38.2 Å². The van der Waals surface area contributed by atoms with Crippen LogP contribution >= 0.6 is 11.6 Å². The minimum absolute atomic E-state index is 0.0614. The van der Waals surface area contributed by atoms with Crippen molar-refractivity contribution in [3.8, 4) is 0 Å². The van der Waals surface area contributed by atoms with Crippen molar-refractivity contribution in [3.05, 3.63) is 30.6 Å². The maximum atomic E-state index is 6.17. The van der Waals surface area contributed by atoms with E-state index in [0.717, 1.165) is 16.7 Å². The number of benzene rings is 1. The molecule has 0 aliphatic heterocycles. The van der Waals surface area contributed by atoms with Crippen LogP contribution in [0.25, 0.3) is 10.9 Å². The maximum absolute atomic E-state index is 6.17. The van der Waals surface area contributed by atoms with E-state index in [1.165, 1.54) is 0 Å². The summed E-state index contributed by atoms with van der Waals surface area (Å²) in [7, 11) is 3.62. The molecule has 96 valence electrons. The predicted molar refractivity (Wildman–Crippen MR) is 74.3 cm³/mol. The van der Waals surface area contributed by atoms with Crippen molar-refractivity contribution in [2.24, 2.45) is 0 Å². The second-order valence-electron chi connectivity index (χ2n) is 4.15. The summed E-state index contributed by atoms with van der Waals surface area (Å²) < 4.78 is 5.04. The van der Waals surface area contributed by atoms with Crippen LogP contribution in [-0.4, -0.2) is 42.7 Å². The van der Waals surface area contributed by atoms with Crippen LogP contribution < -0.4 is 4.90 Å². The summed E-state index contributed by atoms with van der Waals surface area (Å²) in [5.74, 6) is 0.891. The standard InChI is InChI=1S/C13H16ClN3O/c1-17(7-10(14)8-18-2)13-11-5-3-4-6-12(11)15-9-16-13/h3-6,9-10H,7-8H2,1-2H3. The van der Waals surface area contributed by atoms with Crippen LogP contribution in [0.5, 0.6) is 0 Å². The first-order valence-electron chi connectivity index (χ1n) is 5.76. The third kappa shape index (κ3) is 2.89. The number of fused-ring (bicyclic) bond motifs is 1. The van der Waals surface area contributed by atoms with Crippen LogP contribution in [0, 0.1) is 0 Å². The van der Waals surface area contributed by atoms with Crippen LogP contribution in [0.4, 0.5) is 5.82 Å². The fourth-order valence-corrected chi connectivity index (χ4v) is 2.24. The second-order valence-corrected chi connectivity index (χ2v) is 4.76. The van der Waals surface area contributed by atoms with Crippen molar-refractivity contribution in [1.82, 2.24) is 9.97 Å². The Kier molecular flexibility index (Phi) is 4.33. The van der Waals surface area contributed by atoms with Gasteiger partial charge in [-0.15, -0.1) is 11.6 Å². The van der Waals surface area contributed by atoms with Gasteiger partial charge in [-0.2, -0.15) is 0 Å². The van der Waals surface area contributed by atoms with Gasteiger partial charge in [0.1, 0.15) is 12.1 Å². The lowest BCUT2D eigenvalue weighted by Crippen LogP contribution is -2.29. The van der Waals surface area contributed by atoms with Crippen LogP contribution in [0.2, 0.25) is 0 Å². The molecule has 0 N–H and O–H groups in total. The third-order valence-electron chi connectivity index (χ3n) is 2.70. The molecule has 0 spiro atoms. The molecule has 1 aromatic carbocycles. The monoisotopic (exact) mass is 265 g/mol. The Morgan fingerprint density at radius 3 is 2.89 bits per heavy atom. The highest BCUT2D eigenvalue weighted by atomic mass is 35.5. The minimum Gasteiger partial charge on any atom is -0.383 e. The summed E-state index contributed by atoms with van der Waals surface area (Å²) in [6, 6.07) is 7.94. The zero-order chi connectivity index (χ0) is 13.0. The zero-order valence-electron chi connectivity index (χ0n) is 10.5. The van der Waals surface area contributed by atoms with Gasteiger partial charge in [0.05, 0.1) is 17.5 Å². The lowest BCUT2D eigenvalue weighted by atomic mass is 10.2. The third-order valence-corrected chi connectivity index (χ3v) is 2.97. The molecule has 2 rings (SSSR count). The van der Waals surface area contributed by atoms with Crippen LogP contribution in [0.1, 0.15) is 0 Å². The largest absolute Gasteiger partial charge is 0.383 e. The van der Waals surface area contributed by atoms with Crippen LogP contribution in [-0.2, 0) is 4.74 Å². The first-order valence-corrected chi connectivity index (χ1v) is 6.20. The molecule has 1 heterocycles. The molecule has 2 aromatic rings. The summed E-state index contributed by atoms with van der Waals surface area (Å²) in [6.45, 7) is 1.20. The minimum atomic E-state index is -0.0614. The number of anilines is 1. The number of nitrogens with zero attached hydrogens (tertiary/aromatic N) is 3. The number of alkyl halides is 1. The summed E-state index contributed by atoms with van der Waals surface area (Å²) in [5, 5.41) is 0.970. The molecule has 4 nitrogen and oxygen atoms in total. The molecule has 1 unspecified atom stereocenters.